The molecule has 0 fully saturated rings. The third kappa shape index (κ3) is 3.23. The highest BCUT2D eigenvalue weighted by molar-refractivity contribution is 5.99. The molecule has 4 rings (SSSR count). The van der Waals surface area contributed by atoms with E-state index in [4.69, 9.17) is 20.4 Å². The van der Waals surface area contributed by atoms with Crippen molar-refractivity contribution in [3.05, 3.63) is 72.6 Å². The Labute approximate surface area is 167 Å². The number of ether oxygens (including phenoxy) is 2. The number of nitrogens with two attached hydrogens (primary N) is 1. The molecule has 29 heavy (non-hydrogen) atoms. The number of amidine groups is 1. The van der Waals surface area contributed by atoms with Gasteiger partial charge in [-0.25, -0.2) is 4.98 Å². The first kappa shape index (κ1) is 18.4. The van der Waals surface area contributed by atoms with Gasteiger partial charge in [0.25, 0.3) is 0 Å². The number of hydrogen-bond donors (Lipinski definition) is 2. The zero-order valence-corrected chi connectivity index (χ0v) is 16.0. The van der Waals surface area contributed by atoms with E-state index in [0.717, 1.165) is 27.8 Å². The van der Waals surface area contributed by atoms with E-state index >= 15 is 0 Å². The molecule has 0 spiro atoms. The van der Waals surface area contributed by atoms with Crippen LogP contribution < -0.4 is 15.2 Å². The molecule has 1 aromatic heterocycles. The van der Waals surface area contributed by atoms with Gasteiger partial charge in [0.1, 0.15) is 6.33 Å². The Kier molecular flexibility index (Phi) is 4.78. The molecule has 7 heteroatoms. The lowest BCUT2D eigenvalue weighted by Crippen LogP contribution is -2.12. The summed E-state index contributed by atoms with van der Waals surface area (Å²) in [6.07, 6.45) is 1.75. The van der Waals surface area contributed by atoms with Crippen LogP contribution in [-0.4, -0.2) is 34.8 Å². The topological polar surface area (TPSA) is 94.9 Å². The first-order chi connectivity index (χ1) is 14.2. The summed E-state index contributed by atoms with van der Waals surface area (Å²) in [6.45, 7) is 0. The largest absolute Gasteiger partial charge is 0.493 e. The van der Waals surface area contributed by atoms with Crippen molar-refractivity contribution < 1.29 is 14.7 Å². The zero-order chi connectivity index (χ0) is 20.4. The van der Waals surface area contributed by atoms with Crippen LogP contribution in [0.25, 0.3) is 27.8 Å². The monoisotopic (exact) mass is 388 g/mol. The fraction of sp³-hybridized carbons (Fsp3) is 0.0909. The number of fused-ring (bicyclic) bond motifs is 1. The number of para-hydroxylation sites is 1. The molecule has 0 aliphatic carbocycles. The fourth-order valence-corrected chi connectivity index (χ4v) is 3.37. The van der Waals surface area contributed by atoms with Crippen molar-refractivity contribution in [1.82, 2.24) is 9.55 Å². The van der Waals surface area contributed by atoms with Crippen molar-refractivity contribution in [2.45, 2.75) is 0 Å². The number of methoxy groups -OCH3 is 2. The third-order valence-electron chi connectivity index (χ3n) is 4.79. The van der Waals surface area contributed by atoms with Gasteiger partial charge in [-0.15, -0.1) is 0 Å². The maximum atomic E-state index is 8.88. The van der Waals surface area contributed by atoms with Crippen LogP contribution in [-0.2, 0) is 0 Å². The summed E-state index contributed by atoms with van der Waals surface area (Å²) < 4.78 is 13.0. The van der Waals surface area contributed by atoms with Crippen molar-refractivity contribution in [2.24, 2.45) is 10.9 Å². The molecule has 0 unspecified atom stereocenters. The van der Waals surface area contributed by atoms with Gasteiger partial charge < -0.3 is 20.4 Å². The molecule has 4 aromatic rings. The highest BCUT2D eigenvalue weighted by Gasteiger charge is 2.13. The summed E-state index contributed by atoms with van der Waals surface area (Å²) in [5, 5.41) is 11.9. The second-order valence-corrected chi connectivity index (χ2v) is 6.39. The van der Waals surface area contributed by atoms with E-state index in [9.17, 15) is 0 Å². The normalized spacial score (nSPS) is 11.6. The number of benzene rings is 3. The molecular weight excluding hydrogens is 368 g/mol. The summed E-state index contributed by atoms with van der Waals surface area (Å²) in [5.74, 6) is 1.42. The number of aromatic nitrogens is 2. The van der Waals surface area contributed by atoms with Crippen molar-refractivity contribution in [3.8, 4) is 28.3 Å². The first-order valence-corrected chi connectivity index (χ1v) is 8.93. The Bertz CT molecular complexity index is 1210. The molecule has 146 valence electrons. The van der Waals surface area contributed by atoms with Crippen molar-refractivity contribution in [1.29, 1.82) is 0 Å². The van der Waals surface area contributed by atoms with Crippen LogP contribution in [0.15, 0.2) is 72.1 Å². The second-order valence-electron chi connectivity index (χ2n) is 6.39. The lowest BCUT2D eigenvalue weighted by Gasteiger charge is -2.14. The lowest BCUT2D eigenvalue weighted by molar-refractivity contribution is 0.318. The summed E-state index contributed by atoms with van der Waals surface area (Å²) in [7, 11) is 3.26. The van der Waals surface area contributed by atoms with E-state index in [1.807, 2.05) is 47.0 Å². The molecular formula is C22H20N4O3. The average molecular weight is 388 g/mol. The van der Waals surface area contributed by atoms with Crippen LogP contribution in [0.2, 0.25) is 0 Å². The molecule has 0 saturated carbocycles. The van der Waals surface area contributed by atoms with Gasteiger partial charge in [-0.1, -0.05) is 29.4 Å². The number of hydrogen-bond acceptors (Lipinski definition) is 5. The Hall–Kier alpha value is -4.00. The van der Waals surface area contributed by atoms with E-state index in [1.165, 1.54) is 0 Å². The van der Waals surface area contributed by atoms with Crippen LogP contribution in [0.4, 0.5) is 0 Å². The minimum atomic E-state index is 0.0496. The van der Waals surface area contributed by atoms with Crippen molar-refractivity contribution in [3.63, 3.8) is 0 Å². The van der Waals surface area contributed by atoms with Crippen molar-refractivity contribution in [2.75, 3.05) is 14.2 Å². The Morgan fingerprint density at radius 3 is 2.62 bits per heavy atom. The van der Waals surface area contributed by atoms with Crippen LogP contribution >= 0.6 is 0 Å². The first-order valence-electron chi connectivity index (χ1n) is 8.93. The van der Waals surface area contributed by atoms with Crippen LogP contribution in [0, 0.1) is 0 Å². The van der Waals surface area contributed by atoms with E-state index in [1.54, 1.807) is 32.7 Å². The lowest BCUT2D eigenvalue weighted by atomic mass is 10.0. The summed E-state index contributed by atoms with van der Waals surface area (Å²) in [5.41, 5.74) is 10.8. The Balaban J connectivity index is 1.81. The molecule has 0 aliphatic rings. The van der Waals surface area contributed by atoms with Gasteiger partial charge in [0.15, 0.2) is 17.3 Å². The van der Waals surface area contributed by atoms with Crippen LogP contribution in [0.1, 0.15) is 5.56 Å². The summed E-state index contributed by atoms with van der Waals surface area (Å²) >= 11 is 0. The van der Waals surface area contributed by atoms with E-state index in [2.05, 4.69) is 16.2 Å². The number of oxime groups is 1. The zero-order valence-electron chi connectivity index (χ0n) is 16.0. The summed E-state index contributed by atoms with van der Waals surface area (Å²) in [4.78, 5) is 4.46. The molecule has 3 N–H and O–H groups in total. The van der Waals surface area contributed by atoms with Gasteiger partial charge in [0, 0.05) is 16.8 Å². The van der Waals surface area contributed by atoms with Gasteiger partial charge in [-0.05, 0) is 42.0 Å². The number of rotatable bonds is 5. The molecule has 0 bridgehead atoms. The standard InChI is InChI=1S/C22H20N4O3/c1-28-20-8-4-7-17(21(20)29-2)14-5-3-6-16(11-14)26-13-24-18-12-15(22(23)25-27)9-10-19(18)26/h3-13,27H,1-2H3,(H2,23,25). The average Bonchev–Trinajstić information content (AvgIpc) is 3.21. The minimum absolute atomic E-state index is 0.0496. The molecule has 1 heterocycles. The van der Waals surface area contributed by atoms with E-state index in [0.29, 0.717) is 17.1 Å². The number of imidazole rings is 1. The molecule has 0 amide bonds. The highest BCUT2D eigenvalue weighted by atomic mass is 16.5. The minimum Gasteiger partial charge on any atom is -0.493 e. The summed E-state index contributed by atoms with van der Waals surface area (Å²) in [6, 6.07) is 19.4. The highest BCUT2D eigenvalue weighted by Crippen LogP contribution is 2.38. The Morgan fingerprint density at radius 2 is 1.86 bits per heavy atom. The van der Waals surface area contributed by atoms with E-state index in [-0.39, 0.29) is 5.84 Å². The van der Waals surface area contributed by atoms with Crippen LogP contribution in [0.5, 0.6) is 11.5 Å². The number of nitrogens with zero attached hydrogens (tertiary/aromatic N) is 3. The molecule has 0 saturated heterocycles. The second kappa shape index (κ2) is 7.55. The van der Waals surface area contributed by atoms with Gasteiger partial charge in [0.2, 0.25) is 0 Å². The molecule has 0 radical (unpaired) electrons. The Morgan fingerprint density at radius 1 is 1.03 bits per heavy atom. The quantitative estimate of drug-likeness (QED) is 0.235. The van der Waals surface area contributed by atoms with Crippen LogP contribution in [0.3, 0.4) is 0 Å². The smallest absolute Gasteiger partial charge is 0.170 e. The van der Waals surface area contributed by atoms with E-state index < -0.39 is 0 Å². The maximum absolute atomic E-state index is 8.88. The van der Waals surface area contributed by atoms with Gasteiger partial charge >= 0.3 is 0 Å². The van der Waals surface area contributed by atoms with Gasteiger partial charge in [-0.2, -0.15) is 0 Å². The molecule has 0 aliphatic heterocycles. The predicted octanol–water partition coefficient (Wildman–Crippen LogP) is 3.80. The molecule has 0 atom stereocenters. The van der Waals surface area contributed by atoms with Gasteiger partial charge in [0.05, 0.1) is 25.3 Å². The SMILES string of the molecule is COc1cccc(-c2cccc(-n3cnc4cc(C(N)=NO)ccc43)c2)c1OC. The maximum Gasteiger partial charge on any atom is 0.170 e. The third-order valence-corrected chi connectivity index (χ3v) is 4.79. The fourth-order valence-electron chi connectivity index (χ4n) is 3.37. The van der Waals surface area contributed by atoms with Gasteiger partial charge in [-0.3, -0.25) is 4.57 Å². The molecule has 7 nitrogen and oxygen atoms in total. The predicted molar refractivity (Wildman–Crippen MR) is 112 cm³/mol. The molecule has 3 aromatic carbocycles. The van der Waals surface area contributed by atoms with Crippen molar-refractivity contribution >= 4 is 16.9 Å².